The van der Waals surface area contributed by atoms with Crippen LogP contribution >= 0.6 is 31.9 Å². The molecule has 2 heteroatoms. The highest BCUT2D eigenvalue weighted by Gasteiger charge is 2.29. The van der Waals surface area contributed by atoms with Crippen LogP contribution in [0.5, 0.6) is 0 Å². The molecule has 0 nitrogen and oxygen atoms in total. The number of hydrogen-bond donors (Lipinski definition) is 0. The van der Waals surface area contributed by atoms with E-state index in [1.807, 2.05) is 0 Å². The van der Waals surface area contributed by atoms with E-state index >= 15 is 0 Å². The van der Waals surface area contributed by atoms with Gasteiger partial charge in [0.15, 0.2) is 0 Å². The highest BCUT2D eigenvalue weighted by atomic mass is 79.9. The third-order valence-corrected chi connectivity index (χ3v) is 5.86. The van der Waals surface area contributed by atoms with Crippen LogP contribution in [0.15, 0.2) is 18.2 Å². The fraction of sp³-hybridized carbons (Fsp3) is 0.625. The van der Waals surface area contributed by atoms with Crippen LogP contribution in [0.2, 0.25) is 0 Å². The van der Waals surface area contributed by atoms with Crippen LogP contribution in [-0.2, 0) is 6.42 Å². The van der Waals surface area contributed by atoms with Gasteiger partial charge in [-0.2, -0.15) is 0 Å². The van der Waals surface area contributed by atoms with E-state index in [0.717, 1.165) is 23.0 Å². The molecule has 1 aromatic carbocycles. The molecule has 0 amide bonds. The molecule has 0 aliphatic heterocycles. The largest absolute Gasteiger partial charge is 0.0922 e. The second kappa shape index (κ2) is 7.09. The standard InChI is InChI=1S/C16H24Br2/c1-12(2)8-16(10-17,11-18)9-15-7-13(3)5-6-14(15)4/h5-7,12H,8-11H2,1-4H3. The molecule has 1 aromatic rings. The molecule has 0 radical (unpaired) electrons. The van der Waals surface area contributed by atoms with Gasteiger partial charge in [0, 0.05) is 10.7 Å². The van der Waals surface area contributed by atoms with Crippen LogP contribution in [0.3, 0.4) is 0 Å². The molecule has 0 aromatic heterocycles. The zero-order valence-electron chi connectivity index (χ0n) is 11.9. The second-order valence-electron chi connectivity index (χ2n) is 5.97. The number of halogens is 2. The topological polar surface area (TPSA) is 0 Å². The van der Waals surface area contributed by atoms with Crippen LogP contribution in [0.4, 0.5) is 0 Å². The van der Waals surface area contributed by atoms with Crippen molar-refractivity contribution in [2.45, 2.75) is 40.5 Å². The fourth-order valence-corrected chi connectivity index (χ4v) is 4.36. The lowest BCUT2D eigenvalue weighted by Gasteiger charge is -2.32. The Hall–Kier alpha value is 0.180. The zero-order valence-corrected chi connectivity index (χ0v) is 15.1. The van der Waals surface area contributed by atoms with Gasteiger partial charge in [-0.1, -0.05) is 69.5 Å². The summed E-state index contributed by atoms with van der Waals surface area (Å²) in [5.41, 5.74) is 4.59. The average molecular weight is 376 g/mol. The van der Waals surface area contributed by atoms with Crippen molar-refractivity contribution in [3.63, 3.8) is 0 Å². The normalized spacial score (nSPS) is 12.2. The minimum absolute atomic E-state index is 0.326. The van der Waals surface area contributed by atoms with E-state index in [1.165, 1.54) is 23.1 Å². The van der Waals surface area contributed by atoms with E-state index in [0.29, 0.717) is 5.41 Å². The lowest BCUT2D eigenvalue weighted by Crippen LogP contribution is -2.30. The van der Waals surface area contributed by atoms with Gasteiger partial charge in [-0.3, -0.25) is 0 Å². The molecule has 1 rings (SSSR count). The van der Waals surface area contributed by atoms with Crippen molar-refractivity contribution in [3.8, 4) is 0 Å². The third kappa shape index (κ3) is 4.38. The smallest absolute Gasteiger partial charge is 0.00992 e. The first kappa shape index (κ1) is 16.2. The highest BCUT2D eigenvalue weighted by molar-refractivity contribution is 9.09. The molecular weight excluding hydrogens is 352 g/mol. The van der Waals surface area contributed by atoms with Gasteiger partial charge in [0.05, 0.1) is 0 Å². The quantitative estimate of drug-likeness (QED) is 0.562. The summed E-state index contributed by atoms with van der Waals surface area (Å²) in [5.74, 6) is 0.727. The van der Waals surface area contributed by atoms with E-state index in [2.05, 4.69) is 77.8 Å². The molecule has 0 N–H and O–H groups in total. The van der Waals surface area contributed by atoms with E-state index in [1.54, 1.807) is 0 Å². The van der Waals surface area contributed by atoms with Crippen molar-refractivity contribution in [1.29, 1.82) is 0 Å². The van der Waals surface area contributed by atoms with E-state index < -0.39 is 0 Å². The third-order valence-electron chi connectivity index (χ3n) is 3.48. The molecule has 102 valence electrons. The molecule has 0 saturated carbocycles. The second-order valence-corrected chi connectivity index (χ2v) is 7.09. The first-order chi connectivity index (χ1) is 8.42. The van der Waals surface area contributed by atoms with Crippen molar-refractivity contribution >= 4 is 31.9 Å². The van der Waals surface area contributed by atoms with Gasteiger partial charge in [0.1, 0.15) is 0 Å². The summed E-state index contributed by atoms with van der Waals surface area (Å²) in [4.78, 5) is 0. The molecule has 0 fully saturated rings. The molecular formula is C16H24Br2. The number of hydrogen-bond acceptors (Lipinski definition) is 0. The SMILES string of the molecule is Cc1ccc(C)c(CC(CBr)(CBr)CC(C)C)c1. The van der Waals surface area contributed by atoms with Crippen LogP contribution in [0.1, 0.15) is 37.0 Å². The Balaban J connectivity index is 2.98. The summed E-state index contributed by atoms with van der Waals surface area (Å²) in [6.07, 6.45) is 2.39. The molecule has 18 heavy (non-hydrogen) atoms. The zero-order chi connectivity index (χ0) is 13.8. The minimum atomic E-state index is 0.326. The maximum absolute atomic E-state index is 3.73. The number of alkyl halides is 2. The molecule has 0 bridgehead atoms. The first-order valence-electron chi connectivity index (χ1n) is 6.60. The lowest BCUT2D eigenvalue weighted by atomic mass is 9.78. The minimum Gasteiger partial charge on any atom is -0.0922 e. The van der Waals surface area contributed by atoms with Crippen molar-refractivity contribution < 1.29 is 0 Å². The molecule has 0 atom stereocenters. The first-order valence-corrected chi connectivity index (χ1v) is 8.85. The summed E-state index contributed by atoms with van der Waals surface area (Å²) in [5, 5.41) is 2.10. The molecule has 0 unspecified atom stereocenters. The molecule has 0 spiro atoms. The Morgan fingerprint density at radius 3 is 2.22 bits per heavy atom. The summed E-state index contributed by atoms with van der Waals surface area (Å²) in [6, 6.07) is 6.79. The molecule has 0 saturated heterocycles. The molecule has 0 heterocycles. The monoisotopic (exact) mass is 374 g/mol. The Morgan fingerprint density at radius 1 is 1.11 bits per heavy atom. The van der Waals surface area contributed by atoms with Gasteiger partial charge in [-0.05, 0) is 49.1 Å². The average Bonchev–Trinajstić information content (AvgIpc) is 2.32. The van der Waals surface area contributed by atoms with Gasteiger partial charge >= 0.3 is 0 Å². The van der Waals surface area contributed by atoms with Crippen LogP contribution in [-0.4, -0.2) is 10.7 Å². The van der Waals surface area contributed by atoms with Crippen LogP contribution in [0.25, 0.3) is 0 Å². The van der Waals surface area contributed by atoms with Gasteiger partial charge in [-0.25, -0.2) is 0 Å². The summed E-state index contributed by atoms with van der Waals surface area (Å²) < 4.78 is 0. The fourth-order valence-electron chi connectivity index (χ4n) is 2.57. The van der Waals surface area contributed by atoms with Gasteiger partial charge < -0.3 is 0 Å². The molecule has 0 aliphatic carbocycles. The Labute approximate surface area is 129 Å². The summed E-state index contributed by atoms with van der Waals surface area (Å²) in [7, 11) is 0. The van der Waals surface area contributed by atoms with Crippen molar-refractivity contribution in [1.82, 2.24) is 0 Å². The highest BCUT2D eigenvalue weighted by Crippen LogP contribution is 2.35. The Bertz CT molecular complexity index is 379. The predicted molar refractivity (Wildman–Crippen MR) is 89.1 cm³/mol. The van der Waals surface area contributed by atoms with E-state index in [4.69, 9.17) is 0 Å². The van der Waals surface area contributed by atoms with Crippen LogP contribution < -0.4 is 0 Å². The number of benzene rings is 1. The summed E-state index contributed by atoms with van der Waals surface area (Å²) in [6.45, 7) is 9.01. The summed E-state index contributed by atoms with van der Waals surface area (Å²) >= 11 is 7.46. The van der Waals surface area contributed by atoms with E-state index in [9.17, 15) is 0 Å². The van der Waals surface area contributed by atoms with Gasteiger partial charge in [-0.15, -0.1) is 0 Å². The Kier molecular flexibility index (Phi) is 6.40. The van der Waals surface area contributed by atoms with Crippen molar-refractivity contribution in [2.24, 2.45) is 11.3 Å². The lowest BCUT2D eigenvalue weighted by molar-refractivity contribution is 0.304. The van der Waals surface area contributed by atoms with Gasteiger partial charge in [0.2, 0.25) is 0 Å². The van der Waals surface area contributed by atoms with Crippen molar-refractivity contribution in [2.75, 3.05) is 10.7 Å². The van der Waals surface area contributed by atoms with E-state index in [-0.39, 0.29) is 0 Å². The van der Waals surface area contributed by atoms with Crippen LogP contribution in [0, 0.1) is 25.2 Å². The Morgan fingerprint density at radius 2 is 1.72 bits per heavy atom. The maximum atomic E-state index is 3.73. The maximum Gasteiger partial charge on any atom is 0.00992 e. The number of rotatable bonds is 6. The molecule has 0 aliphatic rings. The van der Waals surface area contributed by atoms with Crippen molar-refractivity contribution in [3.05, 3.63) is 34.9 Å². The predicted octanol–water partition coefficient (Wildman–Crippen LogP) is 5.67. The number of aryl methyl sites for hydroxylation is 2. The van der Waals surface area contributed by atoms with Gasteiger partial charge in [0.25, 0.3) is 0 Å².